The first-order valence-electron chi connectivity index (χ1n) is 15.0. The van der Waals surface area contributed by atoms with Crippen molar-refractivity contribution >= 4 is 34.7 Å². The number of carbonyl (C=O) groups is 4. The van der Waals surface area contributed by atoms with Gasteiger partial charge in [-0.3, -0.25) is 19.2 Å². The summed E-state index contributed by atoms with van der Waals surface area (Å²) in [5.41, 5.74) is -1.01. The SMILES string of the molecule is CCC=CCC=CCC=CCC=CCC=CCC=CCC(=O)OCC(C)(C)C(O)C(=O)NCCC(=O)NCCSC(C)=O. The van der Waals surface area contributed by atoms with Crippen molar-refractivity contribution in [3.63, 3.8) is 0 Å². The van der Waals surface area contributed by atoms with Gasteiger partial charge in [0, 0.05) is 37.6 Å². The minimum Gasteiger partial charge on any atom is -0.465 e. The number of thioether (sulfide) groups is 1. The Kier molecular flexibility index (Phi) is 24.5. The van der Waals surface area contributed by atoms with Crippen molar-refractivity contribution in [3.8, 4) is 0 Å². The molecule has 0 spiro atoms. The fraction of sp³-hybridized carbons (Fsp3) is 0.529. The molecular formula is C34H52N2O6S. The Labute approximate surface area is 262 Å². The van der Waals surface area contributed by atoms with Gasteiger partial charge in [-0.15, -0.1) is 0 Å². The molecule has 1 atom stereocenters. The van der Waals surface area contributed by atoms with Crippen LogP contribution in [-0.4, -0.2) is 59.6 Å². The van der Waals surface area contributed by atoms with E-state index in [1.54, 1.807) is 19.9 Å². The molecule has 2 amide bonds. The second-order valence-corrected chi connectivity index (χ2v) is 11.7. The lowest BCUT2D eigenvalue weighted by atomic mass is 9.87. The number of amides is 2. The van der Waals surface area contributed by atoms with Crippen LogP contribution >= 0.6 is 11.8 Å². The highest BCUT2D eigenvalue weighted by atomic mass is 32.2. The second-order valence-electron chi connectivity index (χ2n) is 10.4. The fourth-order valence-corrected chi connectivity index (χ4v) is 3.82. The Balaban J connectivity index is 4.05. The van der Waals surface area contributed by atoms with Crippen molar-refractivity contribution in [2.45, 2.75) is 85.2 Å². The van der Waals surface area contributed by atoms with Crippen LogP contribution < -0.4 is 10.6 Å². The zero-order chi connectivity index (χ0) is 32.2. The number of rotatable bonds is 23. The maximum atomic E-state index is 12.3. The molecule has 0 aliphatic rings. The van der Waals surface area contributed by atoms with E-state index >= 15 is 0 Å². The molecule has 0 fully saturated rings. The maximum Gasteiger partial charge on any atom is 0.309 e. The van der Waals surface area contributed by atoms with E-state index in [1.807, 2.05) is 12.2 Å². The monoisotopic (exact) mass is 616 g/mol. The average Bonchev–Trinajstić information content (AvgIpc) is 2.97. The molecule has 0 aliphatic heterocycles. The number of allylic oxidation sites excluding steroid dienone is 11. The maximum absolute atomic E-state index is 12.3. The third-order valence-electron chi connectivity index (χ3n) is 5.86. The summed E-state index contributed by atoms with van der Waals surface area (Å²) >= 11 is 1.12. The van der Waals surface area contributed by atoms with Crippen molar-refractivity contribution < 1.29 is 29.0 Å². The van der Waals surface area contributed by atoms with Gasteiger partial charge in [0.25, 0.3) is 0 Å². The van der Waals surface area contributed by atoms with Crippen molar-refractivity contribution in [1.82, 2.24) is 10.6 Å². The van der Waals surface area contributed by atoms with E-state index in [0.717, 1.165) is 43.9 Å². The molecule has 9 heteroatoms. The van der Waals surface area contributed by atoms with Crippen molar-refractivity contribution in [3.05, 3.63) is 72.9 Å². The second kappa shape index (κ2) is 26.5. The highest BCUT2D eigenvalue weighted by molar-refractivity contribution is 8.13. The van der Waals surface area contributed by atoms with Gasteiger partial charge in [0.15, 0.2) is 5.12 Å². The van der Waals surface area contributed by atoms with Gasteiger partial charge in [-0.1, -0.05) is 105 Å². The van der Waals surface area contributed by atoms with Crippen LogP contribution in [0.3, 0.4) is 0 Å². The van der Waals surface area contributed by atoms with Gasteiger partial charge in [0.05, 0.1) is 13.0 Å². The summed E-state index contributed by atoms with van der Waals surface area (Å²) in [6.07, 6.45) is 29.3. The molecule has 1 unspecified atom stereocenters. The minimum atomic E-state index is -1.42. The van der Waals surface area contributed by atoms with E-state index in [4.69, 9.17) is 4.74 Å². The average molecular weight is 617 g/mol. The molecule has 0 heterocycles. The number of ether oxygens (including phenoxy) is 1. The molecule has 0 aromatic carbocycles. The lowest BCUT2D eigenvalue weighted by molar-refractivity contribution is -0.152. The molecule has 0 radical (unpaired) electrons. The van der Waals surface area contributed by atoms with Crippen LogP contribution in [-0.2, 0) is 23.9 Å². The van der Waals surface area contributed by atoms with E-state index in [0.29, 0.717) is 18.7 Å². The van der Waals surface area contributed by atoms with Crippen LogP contribution in [0.25, 0.3) is 0 Å². The Morgan fingerprint density at radius 3 is 1.74 bits per heavy atom. The highest BCUT2D eigenvalue weighted by Crippen LogP contribution is 2.21. The van der Waals surface area contributed by atoms with Gasteiger partial charge in [-0.2, -0.15) is 0 Å². The van der Waals surface area contributed by atoms with Gasteiger partial charge < -0.3 is 20.5 Å². The van der Waals surface area contributed by atoms with E-state index in [1.165, 1.54) is 6.92 Å². The molecule has 0 aromatic rings. The molecule has 3 N–H and O–H groups in total. The molecule has 0 rings (SSSR count). The molecule has 0 aliphatic carbocycles. The Hall–Kier alpha value is -3.17. The smallest absolute Gasteiger partial charge is 0.309 e. The molecule has 240 valence electrons. The number of aliphatic hydroxyl groups is 1. The van der Waals surface area contributed by atoms with Gasteiger partial charge in [0.2, 0.25) is 11.8 Å². The fourth-order valence-electron chi connectivity index (χ4n) is 3.33. The Morgan fingerprint density at radius 2 is 1.26 bits per heavy atom. The van der Waals surface area contributed by atoms with E-state index < -0.39 is 23.4 Å². The van der Waals surface area contributed by atoms with Crippen LogP contribution in [0.4, 0.5) is 0 Å². The van der Waals surface area contributed by atoms with Gasteiger partial charge >= 0.3 is 5.97 Å². The predicted molar refractivity (Wildman–Crippen MR) is 177 cm³/mol. The first kappa shape index (κ1) is 39.8. The number of carbonyl (C=O) groups excluding carboxylic acids is 4. The minimum absolute atomic E-state index is 0.0162. The number of hydrogen-bond donors (Lipinski definition) is 3. The summed E-state index contributed by atoms with van der Waals surface area (Å²) in [6.45, 7) is 7.13. The molecule has 0 saturated carbocycles. The molecule has 0 bridgehead atoms. The third kappa shape index (κ3) is 25.1. The van der Waals surface area contributed by atoms with Gasteiger partial charge in [-0.05, 0) is 38.5 Å². The number of nitrogens with one attached hydrogen (secondary N) is 2. The number of aliphatic hydroxyl groups excluding tert-OH is 1. The Bertz CT molecular complexity index is 995. The van der Waals surface area contributed by atoms with Crippen LogP contribution in [0.2, 0.25) is 0 Å². The van der Waals surface area contributed by atoms with Gasteiger partial charge in [0.1, 0.15) is 6.10 Å². The Morgan fingerprint density at radius 1 is 0.767 bits per heavy atom. The first-order chi connectivity index (χ1) is 20.6. The van der Waals surface area contributed by atoms with E-state index in [9.17, 15) is 24.3 Å². The van der Waals surface area contributed by atoms with E-state index in [2.05, 4.69) is 72.2 Å². The largest absolute Gasteiger partial charge is 0.465 e. The lowest BCUT2D eigenvalue weighted by Gasteiger charge is -2.28. The first-order valence-corrected chi connectivity index (χ1v) is 16.0. The van der Waals surface area contributed by atoms with Crippen molar-refractivity contribution in [2.24, 2.45) is 5.41 Å². The van der Waals surface area contributed by atoms with Crippen molar-refractivity contribution in [2.75, 3.05) is 25.4 Å². The summed E-state index contributed by atoms with van der Waals surface area (Å²) in [5, 5.41) is 15.6. The molecule has 8 nitrogen and oxygen atoms in total. The van der Waals surface area contributed by atoms with Crippen molar-refractivity contribution in [1.29, 1.82) is 0 Å². The highest BCUT2D eigenvalue weighted by Gasteiger charge is 2.34. The topological polar surface area (TPSA) is 122 Å². The van der Waals surface area contributed by atoms with E-state index in [-0.39, 0.29) is 37.0 Å². The van der Waals surface area contributed by atoms with Crippen LogP contribution in [0.5, 0.6) is 0 Å². The molecule has 0 aromatic heterocycles. The molecule has 43 heavy (non-hydrogen) atoms. The lowest BCUT2D eigenvalue weighted by Crippen LogP contribution is -2.47. The number of esters is 1. The molecular weight excluding hydrogens is 564 g/mol. The third-order valence-corrected chi connectivity index (χ3v) is 6.67. The summed E-state index contributed by atoms with van der Waals surface area (Å²) in [5.74, 6) is -0.862. The quantitative estimate of drug-likeness (QED) is 0.0742. The zero-order valence-corrected chi connectivity index (χ0v) is 27.2. The normalized spacial score (nSPS) is 13.2. The van der Waals surface area contributed by atoms with Crippen LogP contribution in [0.15, 0.2) is 72.9 Å². The summed E-state index contributed by atoms with van der Waals surface area (Å²) < 4.78 is 5.27. The zero-order valence-electron chi connectivity index (χ0n) is 26.4. The number of hydrogen-bond acceptors (Lipinski definition) is 7. The standard InChI is InChI=1S/C34H52N2O6S/c1-5-6-7-8-9-10-11-12-13-14-15-16-17-18-19-20-21-22-23-31(39)42-28-34(3,4)32(40)33(41)36-25-24-30(38)35-26-27-43-29(2)37/h6-7,9-10,12-13,15-16,18-19,21-22,32,40H,5,8,11,14,17,20,23-28H2,1-4H3,(H,35,38)(H,36,41). The predicted octanol–water partition coefficient (Wildman–Crippen LogP) is 5.91. The van der Waals surface area contributed by atoms with Gasteiger partial charge in [-0.25, -0.2) is 0 Å². The summed E-state index contributed by atoms with van der Waals surface area (Å²) in [6, 6.07) is 0. The molecule has 0 saturated heterocycles. The van der Waals surface area contributed by atoms with Crippen LogP contribution in [0.1, 0.15) is 79.1 Å². The summed E-state index contributed by atoms with van der Waals surface area (Å²) in [7, 11) is 0. The van der Waals surface area contributed by atoms with Crippen LogP contribution in [0, 0.1) is 5.41 Å². The summed E-state index contributed by atoms with van der Waals surface area (Å²) in [4.78, 5) is 47.0.